The number of unbranched alkanes of at least 4 members (excludes halogenated alkanes) is 5. The first-order valence-electron chi connectivity index (χ1n) is 12.0. The number of allylic oxidation sites excluding steroid dienone is 1. The Hall–Kier alpha value is -2.14. The average Bonchev–Trinajstić information content (AvgIpc) is 3.19. The number of hydrogen-bond donors (Lipinski definition) is 0. The molecule has 1 aromatic carbocycles. The molecule has 1 aromatic rings. The van der Waals surface area contributed by atoms with Crippen molar-refractivity contribution in [3.63, 3.8) is 0 Å². The van der Waals surface area contributed by atoms with Crippen molar-refractivity contribution in [2.45, 2.75) is 95.9 Å². The molecule has 5 heteroatoms. The quantitative estimate of drug-likeness (QED) is 0.294. The zero-order valence-electron chi connectivity index (χ0n) is 18.8. The van der Waals surface area contributed by atoms with Crippen LogP contribution < -0.4 is 0 Å². The van der Waals surface area contributed by atoms with Crippen LogP contribution in [0.3, 0.4) is 0 Å². The molecule has 2 aliphatic heterocycles. The van der Waals surface area contributed by atoms with Gasteiger partial charge in [-0.15, -0.1) is 0 Å². The molecular formula is C26H37NO4. The Kier molecular flexibility index (Phi) is 9.60. The molecule has 170 valence electrons. The number of piperidine rings is 1. The minimum Gasteiger partial charge on any atom is -0.447 e. The first-order valence-corrected chi connectivity index (χ1v) is 12.0. The van der Waals surface area contributed by atoms with Gasteiger partial charge in [-0.25, -0.2) is 4.79 Å². The van der Waals surface area contributed by atoms with Crippen LogP contribution in [0.2, 0.25) is 0 Å². The predicted octanol–water partition coefficient (Wildman–Crippen LogP) is 5.82. The third kappa shape index (κ3) is 7.20. The Balaban J connectivity index is 1.37. The van der Waals surface area contributed by atoms with Crippen LogP contribution in [0.25, 0.3) is 0 Å². The van der Waals surface area contributed by atoms with Gasteiger partial charge in [-0.05, 0) is 37.7 Å². The summed E-state index contributed by atoms with van der Waals surface area (Å²) < 4.78 is 11.5. The van der Waals surface area contributed by atoms with E-state index in [2.05, 4.69) is 24.3 Å². The van der Waals surface area contributed by atoms with E-state index < -0.39 is 0 Å². The van der Waals surface area contributed by atoms with Gasteiger partial charge >= 0.3 is 6.09 Å². The van der Waals surface area contributed by atoms with Gasteiger partial charge in [0.25, 0.3) is 0 Å². The van der Waals surface area contributed by atoms with Gasteiger partial charge in [-0.2, -0.15) is 0 Å². The smallest absolute Gasteiger partial charge is 0.410 e. The third-order valence-corrected chi connectivity index (χ3v) is 6.36. The number of benzene rings is 1. The molecule has 0 aliphatic carbocycles. The summed E-state index contributed by atoms with van der Waals surface area (Å²) in [5.74, 6) is 0.377. The lowest BCUT2D eigenvalue weighted by atomic mass is 9.93. The Labute approximate surface area is 186 Å². The van der Waals surface area contributed by atoms with Gasteiger partial charge in [-0.3, -0.25) is 9.69 Å². The SMILES string of the molecule is CCC(=O)CCCCCCC/C=C\[C@@H]1CC[C@H](OCc2ccccc2)[C@H]2COC(=O)N12. The molecule has 31 heavy (non-hydrogen) atoms. The maximum atomic E-state index is 12.3. The van der Waals surface area contributed by atoms with Crippen molar-refractivity contribution >= 4 is 11.9 Å². The van der Waals surface area contributed by atoms with Crippen LogP contribution in [0.15, 0.2) is 42.5 Å². The summed E-state index contributed by atoms with van der Waals surface area (Å²) >= 11 is 0. The van der Waals surface area contributed by atoms with Gasteiger partial charge in [0.05, 0.1) is 24.8 Å². The van der Waals surface area contributed by atoms with Crippen LogP contribution in [0, 0.1) is 0 Å². The fraction of sp³-hybridized carbons (Fsp3) is 0.615. The van der Waals surface area contributed by atoms with Crippen molar-refractivity contribution in [3.8, 4) is 0 Å². The van der Waals surface area contributed by atoms with E-state index in [0.29, 0.717) is 25.4 Å². The number of ether oxygens (including phenoxy) is 2. The molecule has 5 nitrogen and oxygen atoms in total. The number of cyclic esters (lactones) is 1. The van der Waals surface area contributed by atoms with Crippen molar-refractivity contribution in [1.82, 2.24) is 4.90 Å². The molecule has 0 spiro atoms. The topological polar surface area (TPSA) is 55.8 Å². The molecule has 3 atom stereocenters. The molecule has 0 aromatic heterocycles. The molecule has 2 saturated heterocycles. The van der Waals surface area contributed by atoms with Gasteiger partial charge in [0.1, 0.15) is 12.4 Å². The van der Waals surface area contributed by atoms with Crippen LogP contribution in [0.1, 0.15) is 76.7 Å². The summed E-state index contributed by atoms with van der Waals surface area (Å²) in [5, 5.41) is 0. The molecule has 3 rings (SSSR count). The van der Waals surface area contributed by atoms with Gasteiger partial charge in [0, 0.05) is 12.8 Å². The number of ketones is 1. The number of carbonyl (C=O) groups is 2. The zero-order valence-corrected chi connectivity index (χ0v) is 18.8. The Bertz CT molecular complexity index is 717. The molecule has 0 unspecified atom stereocenters. The zero-order chi connectivity index (χ0) is 21.9. The highest BCUT2D eigenvalue weighted by Gasteiger charge is 2.45. The van der Waals surface area contributed by atoms with E-state index in [1.54, 1.807) is 0 Å². The summed E-state index contributed by atoms with van der Waals surface area (Å²) in [6.45, 7) is 2.92. The highest BCUT2D eigenvalue weighted by molar-refractivity contribution is 5.77. The van der Waals surface area contributed by atoms with Crippen molar-refractivity contribution < 1.29 is 19.1 Å². The number of fused-ring (bicyclic) bond motifs is 1. The van der Waals surface area contributed by atoms with Crippen LogP contribution in [0.4, 0.5) is 4.79 Å². The lowest BCUT2D eigenvalue weighted by Crippen LogP contribution is -2.52. The van der Waals surface area contributed by atoms with E-state index in [1.165, 1.54) is 12.8 Å². The van der Waals surface area contributed by atoms with Crippen LogP contribution in [-0.4, -0.2) is 41.6 Å². The lowest BCUT2D eigenvalue weighted by molar-refractivity contribution is -0.118. The predicted molar refractivity (Wildman–Crippen MR) is 122 cm³/mol. The van der Waals surface area contributed by atoms with Crippen molar-refractivity contribution in [1.29, 1.82) is 0 Å². The minimum atomic E-state index is -0.214. The van der Waals surface area contributed by atoms with E-state index in [9.17, 15) is 9.59 Å². The molecule has 0 bridgehead atoms. The van der Waals surface area contributed by atoms with Gasteiger partial charge in [-0.1, -0.05) is 68.7 Å². The van der Waals surface area contributed by atoms with Crippen molar-refractivity contribution in [2.24, 2.45) is 0 Å². The number of rotatable bonds is 13. The van der Waals surface area contributed by atoms with E-state index in [1.807, 2.05) is 30.0 Å². The molecule has 2 fully saturated rings. The highest BCUT2D eigenvalue weighted by Crippen LogP contribution is 2.31. The van der Waals surface area contributed by atoms with Gasteiger partial charge in [0.15, 0.2) is 0 Å². The van der Waals surface area contributed by atoms with E-state index in [4.69, 9.17) is 9.47 Å². The maximum Gasteiger partial charge on any atom is 0.410 e. The minimum absolute atomic E-state index is 0.00504. The second-order valence-corrected chi connectivity index (χ2v) is 8.66. The van der Waals surface area contributed by atoms with E-state index >= 15 is 0 Å². The molecule has 0 radical (unpaired) electrons. The number of nitrogens with zero attached hydrogens (tertiary/aromatic N) is 1. The lowest BCUT2D eigenvalue weighted by Gasteiger charge is -2.39. The Morgan fingerprint density at radius 2 is 1.90 bits per heavy atom. The number of carbonyl (C=O) groups excluding carboxylic acids is 2. The Morgan fingerprint density at radius 1 is 1.13 bits per heavy atom. The first-order chi connectivity index (χ1) is 15.2. The van der Waals surface area contributed by atoms with Crippen molar-refractivity contribution in [2.75, 3.05) is 6.61 Å². The van der Waals surface area contributed by atoms with E-state index in [-0.39, 0.29) is 24.3 Å². The molecule has 2 aliphatic rings. The monoisotopic (exact) mass is 427 g/mol. The molecule has 0 saturated carbocycles. The summed E-state index contributed by atoms with van der Waals surface area (Å²) in [7, 11) is 0. The third-order valence-electron chi connectivity index (χ3n) is 6.36. The summed E-state index contributed by atoms with van der Waals surface area (Å²) in [6.07, 6.45) is 14.2. The highest BCUT2D eigenvalue weighted by atomic mass is 16.6. The standard InChI is InChI=1S/C26H37NO4/c1-2-23(28)16-12-7-5-3-4-6-11-15-22-17-18-25(24-20-31-26(29)27(22)24)30-19-21-13-9-8-10-14-21/h8-11,13-15,22,24-25H,2-7,12,16-20H2,1H3/b15-11-/t22-,24-,25+/m1/s1. The van der Waals surface area contributed by atoms with Crippen LogP contribution in [0.5, 0.6) is 0 Å². The first kappa shape index (κ1) is 23.5. The van der Waals surface area contributed by atoms with Crippen LogP contribution >= 0.6 is 0 Å². The molecular weight excluding hydrogens is 390 g/mol. The summed E-state index contributed by atoms with van der Waals surface area (Å²) in [5.41, 5.74) is 1.15. The largest absolute Gasteiger partial charge is 0.447 e. The normalized spacial score (nSPS) is 23.2. The number of Topliss-reactive ketones (excluding diaryl/α,β-unsaturated/α-hetero) is 1. The second kappa shape index (κ2) is 12.7. The molecule has 0 N–H and O–H groups in total. The molecule has 1 amide bonds. The fourth-order valence-corrected chi connectivity index (χ4v) is 4.49. The molecule has 2 heterocycles. The fourth-order valence-electron chi connectivity index (χ4n) is 4.49. The summed E-state index contributed by atoms with van der Waals surface area (Å²) in [6, 6.07) is 10.3. The number of hydrogen-bond acceptors (Lipinski definition) is 4. The summed E-state index contributed by atoms with van der Waals surface area (Å²) in [4.78, 5) is 25.5. The van der Waals surface area contributed by atoms with Crippen molar-refractivity contribution in [3.05, 3.63) is 48.0 Å². The maximum absolute atomic E-state index is 12.3. The van der Waals surface area contributed by atoms with Crippen LogP contribution in [-0.2, 0) is 20.9 Å². The number of amides is 1. The average molecular weight is 428 g/mol. The second-order valence-electron chi connectivity index (χ2n) is 8.66. The van der Waals surface area contributed by atoms with E-state index in [0.717, 1.165) is 50.5 Å². The van der Waals surface area contributed by atoms with Gasteiger partial charge < -0.3 is 9.47 Å². The Morgan fingerprint density at radius 3 is 2.71 bits per heavy atom. The van der Waals surface area contributed by atoms with Gasteiger partial charge in [0.2, 0.25) is 0 Å².